The van der Waals surface area contributed by atoms with Gasteiger partial charge in [0.25, 0.3) is 0 Å². The molecule has 0 spiro atoms. The summed E-state index contributed by atoms with van der Waals surface area (Å²) in [6, 6.07) is -0.432. The van der Waals surface area contributed by atoms with Crippen LogP contribution < -0.4 is 75.3 Å². The van der Waals surface area contributed by atoms with E-state index in [0.717, 1.165) is 21.6 Å². The highest BCUT2D eigenvalue weighted by Crippen LogP contribution is 2.30. The first-order valence-corrected chi connectivity index (χ1v) is 41.1. The highest BCUT2D eigenvalue weighted by Gasteiger charge is 2.47. The van der Waals surface area contributed by atoms with Gasteiger partial charge in [0.05, 0.1) is 25.9 Å². The Bertz CT molecular complexity index is 4520. The summed E-state index contributed by atoms with van der Waals surface area (Å²) in [5.41, 5.74) is 13.4. The molecule has 2 aromatic heterocycles. The van der Waals surface area contributed by atoms with E-state index in [2.05, 4.69) is 78.8 Å². The minimum Gasteiger partial charge on any atom is -0.508 e. The highest BCUT2D eigenvalue weighted by atomic mass is 33.1. The molecule has 42 heteroatoms. The summed E-state index contributed by atoms with van der Waals surface area (Å²) < 4.78 is 0. The Hall–Kier alpha value is -12.3. The Morgan fingerprint density at radius 1 is 0.517 bits per heavy atom. The van der Waals surface area contributed by atoms with Gasteiger partial charge >= 0.3 is 5.97 Å². The van der Waals surface area contributed by atoms with Crippen LogP contribution in [0.25, 0.3) is 10.9 Å². The molecule has 5 aliphatic rings. The second-order valence-corrected chi connectivity index (χ2v) is 31.8. The predicted molar refractivity (Wildman–Crippen MR) is 425 cm³/mol. The molecule has 0 saturated carbocycles. The number of phenolic OH excluding ortho intramolecular Hbond substituents is 1. The molecule has 3 aromatic carbocycles. The van der Waals surface area contributed by atoms with Crippen molar-refractivity contribution in [2.24, 2.45) is 11.5 Å². The number of carboxylic acid groups (broad SMARTS) is 1. The molecule has 5 fully saturated rings. The van der Waals surface area contributed by atoms with Gasteiger partial charge in [-0.3, -0.25) is 82.1 Å². The van der Waals surface area contributed by atoms with Gasteiger partial charge in [0.1, 0.15) is 84.3 Å². The van der Waals surface area contributed by atoms with Crippen LogP contribution in [-0.2, 0) is 102 Å². The average Bonchev–Trinajstić information content (AvgIpc) is 1.64. The third-order valence-electron chi connectivity index (χ3n) is 20.7. The molecule has 7 heterocycles. The number of imidazole rings is 1. The normalized spacial score (nSPS) is 25.8. The number of aliphatic hydroxyl groups is 1. The van der Waals surface area contributed by atoms with E-state index in [1.54, 1.807) is 60.8 Å². The number of guanidine groups is 1. The molecule has 0 aliphatic carbocycles. The monoisotopic (exact) mass is 1670 g/mol. The molecule has 15 amide bonds. The maximum absolute atomic E-state index is 15.6. The van der Waals surface area contributed by atoms with Crippen molar-refractivity contribution in [2.75, 3.05) is 50.8 Å². The van der Waals surface area contributed by atoms with Crippen molar-refractivity contribution >= 4 is 133 Å². The van der Waals surface area contributed by atoms with Gasteiger partial charge in [-0.25, -0.2) is 4.98 Å². The number of aliphatic hydroxyl groups excluding tert-OH is 1. The molecular formula is C76H97N21O19S2. The number of nitrogens with one attached hydrogen (secondary N) is 15. The zero-order valence-corrected chi connectivity index (χ0v) is 65.8. The van der Waals surface area contributed by atoms with Gasteiger partial charge < -0.3 is 115 Å². The third kappa shape index (κ3) is 24.2. The lowest BCUT2D eigenvalue weighted by molar-refractivity contribution is -0.148. The fraction of sp³-hybridized carbons (Fsp3) is 0.474. The topological polar surface area (TPSA) is 608 Å². The molecule has 22 N–H and O–H groups in total. The summed E-state index contributed by atoms with van der Waals surface area (Å²) in [6.07, 6.45) is 1.13. The molecule has 2 bridgehead atoms. The predicted octanol–water partition coefficient (Wildman–Crippen LogP) is -4.79. The van der Waals surface area contributed by atoms with E-state index in [1.807, 2.05) is 0 Å². The van der Waals surface area contributed by atoms with Gasteiger partial charge in [0, 0.05) is 98.8 Å². The molecule has 0 unspecified atom stereocenters. The summed E-state index contributed by atoms with van der Waals surface area (Å²) in [4.78, 5) is 248. The van der Waals surface area contributed by atoms with Crippen molar-refractivity contribution in [3.63, 3.8) is 0 Å². The van der Waals surface area contributed by atoms with Crippen molar-refractivity contribution in [1.82, 2.24) is 93.5 Å². The van der Waals surface area contributed by atoms with Crippen molar-refractivity contribution in [1.29, 1.82) is 5.41 Å². The minimum absolute atomic E-state index is 0.000216. The number of aliphatic carboxylic acids is 1. The van der Waals surface area contributed by atoms with E-state index < -0.39 is 229 Å². The molecule has 13 atom stereocenters. The van der Waals surface area contributed by atoms with Gasteiger partial charge in [-0.2, -0.15) is 0 Å². The highest BCUT2D eigenvalue weighted by molar-refractivity contribution is 8.76. The lowest BCUT2D eigenvalue weighted by Gasteiger charge is -2.34. The molecule has 40 nitrogen and oxygen atoms in total. The number of nitrogens with zero attached hydrogens (tertiary/aromatic N) is 4. The fourth-order valence-electron chi connectivity index (χ4n) is 14.7. The molecular weight excluding hydrogens is 1580 g/mol. The Morgan fingerprint density at radius 3 is 1.64 bits per heavy atom. The van der Waals surface area contributed by atoms with Crippen LogP contribution in [-0.4, -0.2) is 275 Å². The average molecular weight is 1670 g/mol. The summed E-state index contributed by atoms with van der Waals surface area (Å²) in [5.74, 6) is -18.2. The number of benzene rings is 3. The number of aromatic hydroxyl groups is 1. The zero-order valence-electron chi connectivity index (χ0n) is 64.1. The first kappa shape index (κ1) is 88.0. The Morgan fingerprint density at radius 2 is 1.02 bits per heavy atom. The molecule has 5 saturated heterocycles. The van der Waals surface area contributed by atoms with Gasteiger partial charge in [0.2, 0.25) is 88.6 Å². The number of amides is 15. The second kappa shape index (κ2) is 42.0. The van der Waals surface area contributed by atoms with Crippen LogP contribution in [0.3, 0.4) is 0 Å². The number of phenols is 1. The Kier molecular flexibility index (Phi) is 31.3. The number of carboxylic acids is 1. The Balaban J connectivity index is 1.08. The standard InChI is InChI=1S/C76H97N21O19S2/c77-60(100)32-51-63(104)83-35-61(101)85-49(28-40-10-2-1-3-11-40)66(107)94-55-37-117-118-38-56(70(111)91-53(30-42-33-82-46-13-5-4-12-45(42)46)74(115)95-25-7-15-57(95)72(113)89-51)93-65(106)48(22-23-62(102)103)87-71(112)58-16-8-26-96(58)75(116)59-17-9-27-97(59)73(114)52(29-41-18-20-44(99)21-19-41)90-68(109)54(36-98)92-64(105)47(14-6-24-81-76(78)79)86-67(108)50(88-69(55)110)31-43-34-80-39-84-43/h1-5,10-13,18-21,33-34,39,47-59,82,98-99H,6-9,14-17,22-32,35-38H2,(H2,77,100)(H,80,84)(H,83,104)(H,85,101)(H,86,108)(H,87,112)(H,88,110)(H,89,113)(H,90,109)(H,91,111)(H,92,105)(H,93,106)(H,94,107)(H,102,103)(H4,78,79,81)/t47-,48-,49-,50-,51-,52-,53-,54-,55-,56-,57-,58-,59-/m0/s1. The van der Waals surface area contributed by atoms with Crippen LogP contribution in [0.1, 0.15) is 93.0 Å². The van der Waals surface area contributed by atoms with Crippen LogP contribution in [0.15, 0.2) is 97.6 Å². The zero-order chi connectivity index (χ0) is 84.7. The second-order valence-electron chi connectivity index (χ2n) is 29.2. The number of fused-ring (bicyclic) bond motifs is 9. The van der Waals surface area contributed by atoms with Gasteiger partial charge in [0.15, 0.2) is 5.96 Å². The van der Waals surface area contributed by atoms with E-state index in [1.165, 1.54) is 51.5 Å². The van der Waals surface area contributed by atoms with Crippen LogP contribution >= 0.6 is 21.6 Å². The number of hydrogen-bond donors (Lipinski definition) is 20. The number of hydrogen-bond acceptors (Lipinski definition) is 22. The number of primary amides is 1. The summed E-state index contributed by atoms with van der Waals surface area (Å²) >= 11 is 0. The Labute approximate surface area is 683 Å². The number of carbonyl (C=O) groups is 16. The SMILES string of the molecule is N=C(N)NCCC[C@@H]1NC(=O)[C@H](Cc2cnc[nH]2)NC(=O)[C@@H]2CSSC[C@H](NC(=O)[C@H](CCC(=O)O)NC(=O)[C@@H]3CCCN3C(=O)[C@@H]3CCCN3C(=O)[C@H](Cc3ccc(O)cc3)NC(=O)[C@H](CO)NC1=O)C(=O)N[C@@H](Cc1c[nH]c3ccccc13)C(=O)N1CCC[C@H]1C(=O)N[C@@H](CC(N)=O)C(=O)NCC(=O)N[C@@H](Cc1ccccc1)C(=O)N2. The number of aromatic amines is 2. The first-order valence-electron chi connectivity index (χ1n) is 38.6. The summed E-state index contributed by atoms with van der Waals surface area (Å²) in [7, 11) is 1.62. The van der Waals surface area contributed by atoms with E-state index in [0.29, 0.717) is 27.6 Å². The van der Waals surface area contributed by atoms with Crippen molar-refractivity contribution in [2.45, 2.75) is 175 Å². The van der Waals surface area contributed by atoms with Crippen LogP contribution in [0.5, 0.6) is 5.75 Å². The van der Waals surface area contributed by atoms with Gasteiger partial charge in [-0.1, -0.05) is 82.3 Å². The van der Waals surface area contributed by atoms with Gasteiger partial charge in [-0.05, 0) is 92.7 Å². The number of para-hydroxylation sites is 1. The van der Waals surface area contributed by atoms with Gasteiger partial charge in [-0.15, -0.1) is 0 Å². The molecule has 0 radical (unpaired) electrons. The lowest BCUT2D eigenvalue weighted by atomic mass is 10.0. The number of carbonyl (C=O) groups excluding carboxylic acids is 15. The molecule has 118 heavy (non-hydrogen) atoms. The maximum Gasteiger partial charge on any atom is 0.303 e. The lowest BCUT2D eigenvalue weighted by Crippen LogP contribution is -2.61. The van der Waals surface area contributed by atoms with Crippen molar-refractivity contribution in [3.05, 3.63) is 120 Å². The number of H-pyrrole nitrogens is 2. The largest absolute Gasteiger partial charge is 0.508 e. The molecule has 632 valence electrons. The number of nitrogens with two attached hydrogens (primary N) is 2. The summed E-state index contributed by atoms with van der Waals surface area (Å²) in [5, 5.41) is 70.7. The van der Waals surface area contributed by atoms with E-state index in [9.17, 15) is 53.7 Å². The van der Waals surface area contributed by atoms with Crippen molar-refractivity contribution in [3.8, 4) is 5.75 Å². The van der Waals surface area contributed by atoms with Crippen LogP contribution in [0, 0.1) is 5.41 Å². The molecule has 5 aliphatic heterocycles. The maximum atomic E-state index is 15.6. The van der Waals surface area contributed by atoms with E-state index >= 15 is 38.4 Å². The molecule has 10 rings (SSSR count). The van der Waals surface area contributed by atoms with E-state index in [4.69, 9.17) is 16.9 Å². The fourth-order valence-corrected chi connectivity index (χ4v) is 17.0. The minimum atomic E-state index is -1.88. The third-order valence-corrected chi connectivity index (χ3v) is 23.2. The van der Waals surface area contributed by atoms with E-state index in [-0.39, 0.29) is 108 Å². The molecule has 5 aromatic rings. The van der Waals surface area contributed by atoms with Crippen LogP contribution in [0.4, 0.5) is 0 Å². The van der Waals surface area contributed by atoms with Crippen molar-refractivity contribution < 1.29 is 92.0 Å². The number of aromatic nitrogens is 3. The summed E-state index contributed by atoms with van der Waals surface area (Å²) in [6.45, 7) is -2.23. The first-order chi connectivity index (χ1) is 56.6. The van der Waals surface area contributed by atoms with Crippen LogP contribution in [0.2, 0.25) is 0 Å². The quantitative estimate of drug-likeness (QED) is 0.0169. The smallest absolute Gasteiger partial charge is 0.303 e. The number of rotatable bonds is 18.